The van der Waals surface area contributed by atoms with E-state index in [9.17, 15) is 9.90 Å². The number of hydrogen-bond donors (Lipinski definition) is 1. The number of benzene rings is 1. The van der Waals surface area contributed by atoms with Gasteiger partial charge in [0, 0.05) is 31.1 Å². The first-order valence-corrected chi connectivity index (χ1v) is 10.0. The zero-order valence-electron chi connectivity index (χ0n) is 16.6. The van der Waals surface area contributed by atoms with E-state index in [-0.39, 0.29) is 22.9 Å². The number of urea groups is 1. The van der Waals surface area contributed by atoms with Crippen LogP contribution in [0.5, 0.6) is 0 Å². The number of carbonyl (C=O) groups excluding carboxylic acids is 1. The molecule has 1 aliphatic carbocycles. The molecular weight excluding hydrogens is 324 g/mol. The second kappa shape index (κ2) is 5.72. The van der Waals surface area contributed by atoms with E-state index in [1.807, 2.05) is 11.8 Å². The Bertz CT molecular complexity index is 717. The Labute approximate surface area is 157 Å². The molecule has 0 radical (unpaired) electrons. The molecule has 2 amide bonds. The number of rotatable bonds is 0. The predicted octanol–water partition coefficient (Wildman–Crippen LogP) is 3.57. The Morgan fingerprint density at radius 2 is 1.69 bits per heavy atom. The molecule has 4 nitrogen and oxygen atoms in total. The highest BCUT2D eigenvalue weighted by atomic mass is 16.3. The van der Waals surface area contributed by atoms with Crippen molar-refractivity contribution in [3.05, 3.63) is 35.4 Å². The average molecular weight is 357 g/mol. The van der Waals surface area contributed by atoms with Gasteiger partial charge < -0.3 is 14.9 Å². The van der Waals surface area contributed by atoms with Crippen molar-refractivity contribution >= 4 is 6.03 Å². The highest BCUT2D eigenvalue weighted by Gasteiger charge is 2.57. The van der Waals surface area contributed by atoms with Gasteiger partial charge in [-0.15, -0.1) is 0 Å². The molecule has 2 saturated heterocycles. The van der Waals surface area contributed by atoms with Crippen LogP contribution in [0.15, 0.2) is 24.3 Å². The molecule has 3 aliphatic rings. The molecule has 2 atom stereocenters. The number of amides is 2. The largest absolute Gasteiger partial charge is 0.390 e. The van der Waals surface area contributed by atoms with Crippen LogP contribution < -0.4 is 0 Å². The van der Waals surface area contributed by atoms with Crippen LogP contribution in [0.25, 0.3) is 0 Å². The molecular formula is C22H32N2O2. The Kier molecular flexibility index (Phi) is 3.93. The lowest BCUT2D eigenvalue weighted by atomic mass is 9.51. The third-order valence-corrected chi connectivity index (χ3v) is 7.87. The number of fused-ring (bicyclic) bond motifs is 4. The summed E-state index contributed by atoms with van der Waals surface area (Å²) in [5.41, 5.74) is 2.40. The molecule has 0 aromatic heterocycles. The molecule has 0 saturated carbocycles. The van der Waals surface area contributed by atoms with Gasteiger partial charge in [-0.2, -0.15) is 0 Å². The Morgan fingerprint density at radius 3 is 2.38 bits per heavy atom. The van der Waals surface area contributed by atoms with Crippen LogP contribution in [0.3, 0.4) is 0 Å². The monoisotopic (exact) mass is 356 g/mol. The van der Waals surface area contributed by atoms with Gasteiger partial charge in [0.15, 0.2) is 0 Å². The van der Waals surface area contributed by atoms with Crippen LogP contribution >= 0.6 is 0 Å². The molecule has 4 rings (SSSR count). The highest BCUT2D eigenvalue weighted by Crippen LogP contribution is 2.56. The third-order valence-electron chi connectivity index (χ3n) is 7.87. The summed E-state index contributed by atoms with van der Waals surface area (Å²) in [7, 11) is 0. The summed E-state index contributed by atoms with van der Waals surface area (Å²) in [6, 6.07) is 9.19. The van der Waals surface area contributed by atoms with Crippen molar-refractivity contribution in [3.8, 4) is 0 Å². The molecule has 1 aromatic carbocycles. The molecule has 26 heavy (non-hydrogen) atoms. The Balaban J connectivity index is 1.63. The van der Waals surface area contributed by atoms with E-state index < -0.39 is 5.60 Å². The lowest BCUT2D eigenvalue weighted by Crippen LogP contribution is -2.66. The maximum atomic E-state index is 13.3. The molecule has 2 fully saturated rings. The van der Waals surface area contributed by atoms with Crippen LogP contribution in [0.4, 0.5) is 4.79 Å². The van der Waals surface area contributed by atoms with E-state index >= 15 is 0 Å². The number of nitrogens with zero attached hydrogens (tertiary/aromatic N) is 2. The van der Waals surface area contributed by atoms with E-state index in [4.69, 9.17) is 0 Å². The summed E-state index contributed by atoms with van der Waals surface area (Å²) in [5, 5.41) is 10.2. The summed E-state index contributed by atoms with van der Waals surface area (Å²) in [4.78, 5) is 17.4. The van der Waals surface area contributed by atoms with Crippen LogP contribution in [0.1, 0.15) is 58.1 Å². The van der Waals surface area contributed by atoms with Gasteiger partial charge in [0.05, 0.1) is 5.60 Å². The fourth-order valence-corrected chi connectivity index (χ4v) is 5.46. The first-order valence-electron chi connectivity index (χ1n) is 10.0. The van der Waals surface area contributed by atoms with Crippen molar-refractivity contribution in [1.29, 1.82) is 0 Å². The minimum atomic E-state index is -0.625. The fourth-order valence-electron chi connectivity index (χ4n) is 5.46. The molecule has 142 valence electrons. The second-order valence-electron chi connectivity index (χ2n) is 9.64. The van der Waals surface area contributed by atoms with Crippen molar-refractivity contribution in [2.45, 2.75) is 70.4 Å². The quantitative estimate of drug-likeness (QED) is 0.772. The number of carbonyl (C=O) groups is 1. The third kappa shape index (κ3) is 2.49. The zero-order chi connectivity index (χ0) is 18.7. The van der Waals surface area contributed by atoms with Crippen LogP contribution in [-0.2, 0) is 11.8 Å². The number of piperidine rings is 2. The first kappa shape index (κ1) is 17.8. The minimum absolute atomic E-state index is 0.0382. The maximum absolute atomic E-state index is 13.3. The predicted molar refractivity (Wildman–Crippen MR) is 103 cm³/mol. The van der Waals surface area contributed by atoms with Crippen molar-refractivity contribution < 1.29 is 9.90 Å². The molecule has 2 bridgehead atoms. The molecule has 4 heteroatoms. The van der Waals surface area contributed by atoms with Gasteiger partial charge in [0.25, 0.3) is 0 Å². The number of aliphatic hydroxyl groups is 1. The maximum Gasteiger partial charge on any atom is 0.320 e. The summed E-state index contributed by atoms with van der Waals surface area (Å²) >= 11 is 0. The van der Waals surface area contributed by atoms with E-state index in [1.165, 1.54) is 11.1 Å². The fraction of sp³-hybridized carbons (Fsp3) is 0.682. The normalized spacial score (nSPS) is 32.1. The minimum Gasteiger partial charge on any atom is -0.390 e. The lowest BCUT2D eigenvalue weighted by Gasteiger charge is -2.61. The van der Waals surface area contributed by atoms with Crippen molar-refractivity contribution in [1.82, 2.24) is 9.80 Å². The molecule has 1 N–H and O–H groups in total. The zero-order valence-corrected chi connectivity index (χ0v) is 16.6. The average Bonchev–Trinajstić information content (AvgIpc) is 2.58. The molecule has 0 spiro atoms. The summed E-state index contributed by atoms with van der Waals surface area (Å²) in [6.07, 6.45) is 3.28. The van der Waals surface area contributed by atoms with Gasteiger partial charge in [0.2, 0.25) is 0 Å². The Morgan fingerprint density at radius 1 is 1.04 bits per heavy atom. The van der Waals surface area contributed by atoms with Crippen molar-refractivity contribution in [2.24, 2.45) is 5.41 Å². The van der Waals surface area contributed by atoms with Gasteiger partial charge in [-0.3, -0.25) is 0 Å². The van der Waals surface area contributed by atoms with Gasteiger partial charge in [-0.05, 0) is 49.1 Å². The van der Waals surface area contributed by atoms with E-state index in [2.05, 4.69) is 49.9 Å². The van der Waals surface area contributed by atoms with Gasteiger partial charge in [-0.25, -0.2) is 4.79 Å². The van der Waals surface area contributed by atoms with Gasteiger partial charge in [0.1, 0.15) is 0 Å². The van der Waals surface area contributed by atoms with Gasteiger partial charge >= 0.3 is 6.03 Å². The number of likely N-dealkylation sites (tertiary alicyclic amines) is 2. The Hall–Kier alpha value is -1.55. The van der Waals surface area contributed by atoms with Crippen LogP contribution in [-0.4, -0.2) is 52.2 Å². The SMILES string of the molecule is CC1(O)CCN(C(=O)N2CC[C@]3(C)c4ccccc4C[C@H]2C3(C)C)CC1. The summed E-state index contributed by atoms with van der Waals surface area (Å²) < 4.78 is 0. The van der Waals surface area contributed by atoms with E-state index in [1.54, 1.807) is 0 Å². The topological polar surface area (TPSA) is 43.8 Å². The molecule has 1 aromatic rings. The molecule has 0 unspecified atom stereocenters. The number of hydrogen-bond acceptors (Lipinski definition) is 2. The summed E-state index contributed by atoms with van der Waals surface area (Å²) in [5.74, 6) is 0. The highest BCUT2D eigenvalue weighted by molar-refractivity contribution is 5.75. The summed E-state index contributed by atoms with van der Waals surface area (Å²) in [6.45, 7) is 11.1. The van der Waals surface area contributed by atoms with E-state index in [0.29, 0.717) is 25.9 Å². The van der Waals surface area contributed by atoms with Crippen molar-refractivity contribution in [2.75, 3.05) is 19.6 Å². The van der Waals surface area contributed by atoms with Crippen LogP contribution in [0.2, 0.25) is 0 Å². The second-order valence-corrected chi connectivity index (χ2v) is 9.64. The van der Waals surface area contributed by atoms with Crippen LogP contribution in [0, 0.1) is 5.41 Å². The molecule has 2 aliphatic heterocycles. The van der Waals surface area contributed by atoms with Crippen molar-refractivity contribution in [3.63, 3.8) is 0 Å². The van der Waals surface area contributed by atoms with Gasteiger partial charge in [-0.1, -0.05) is 45.0 Å². The smallest absolute Gasteiger partial charge is 0.320 e. The first-order chi connectivity index (χ1) is 12.2. The standard InChI is InChI=1S/C22H32N2O2/c1-20(2)18-15-16-7-5-6-8-17(16)22(20,4)11-14-24(18)19(25)23-12-9-21(3,26)10-13-23/h5-8,18,26H,9-15H2,1-4H3/t18-,22+/m0/s1. The van der Waals surface area contributed by atoms with E-state index in [0.717, 1.165) is 19.4 Å². The molecule has 2 heterocycles. The lowest BCUT2D eigenvalue weighted by molar-refractivity contribution is -0.0352.